The Kier molecular flexibility index (Phi) is 5.96. The number of hydrogen-bond acceptors (Lipinski definition) is 3. The molecule has 0 atom stereocenters. The predicted octanol–water partition coefficient (Wildman–Crippen LogP) is 1.35. The Hall–Kier alpha value is -0.620. The largest absolute Gasteiger partial charge is 0.481 e. The number of aliphatic carboxylic acids is 1. The maximum atomic E-state index is 11.6. The topological polar surface area (TPSA) is 83.5 Å². The van der Waals surface area contributed by atoms with Crippen LogP contribution in [-0.2, 0) is 14.8 Å². The summed E-state index contributed by atoms with van der Waals surface area (Å²) < 4.78 is 25.8. The average Bonchev–Trinajstić information content (AvgIpc) is 1.99. The number of nitrogens with one attached hydrogen (secondary N) is 1. The van der Waals surface area contributed by atoms with Gasteiger partial charge in [-0.1, -0.05) is 13.3 Å². The van der Waals surface area contributed by atoms with E-state index >= 15 is 0 Å². The van der Waals surface area contributed by atoms with Crippen LogP contribution in [0.3, 0.4) is 0 Å². The highest BCUT2D eigenvalue weighted by Crippen LogP contribution is 2.12. The fourth-order valence-corrected chi connectivity index (χ4v) is 3.13. The van der Waals surface area contributed by atoms with E-state index < -0.39 is 21.5 Å². The number of rotatable bonds is 8. The molecule has 0 radical (unpaired) electrons. The number of hydrogen-bond donors (Lipinski definition) is 2. The lowest BCUT2D eigenvalue weighted by Gasteiger charge is -2.25. The van der Waals surface area contributed by atoms with Crippen molar-refractivity contribution >= 4 is 16.0 Å². The van der Waals surface area contributed by atoms with E-state index in [0.29, 0.717) is 0 Å². The summed E-state index contributed by atoms with van der Waals surface area (Å²) in [7, 11) is -3.37. The van der Waals surface area contributed by atoms with Gasteiger partial charge in [0, 0.05) is 12.0 Å². The van der Waals surface area contributed by atoms with Crippen LogP contribution < -0.4 is 4.72 Å². The molecule has 0 saturated carbocycles. The zero-order chi connectivity index (χ0) is 12.8. The number of sulfonamides is 1. The standard InChI is InChI=1S/C10H21NO4S/c1-4-7-10(2,3)11-16(14,15)8-5-6-9(12)13/h11H,4-8H2,1-3H3,(H,12,13). The van der Waals surface area contributed by atoms with Crippen molar-refractivity contribution in [2.75, 3.05) is 5.75 Å². The summed E-state index contributed by atoms with van der Waals surface area (Å²) in [5.74, 6) is -1.10. The SMILES string of the molecule is CCCC(C)(C)NS(=O)(=O)CCCC(=O)O. The zero-order valence-corrected chi connectivity index (χ0v) is 10.9. The molecular weight excluding hydrogens is 230 g/mol. The molecule has 0 rings (SSSR count). The molecule has 0 aromatic heterocycles. The number of carbonyl (C=O) groups is 1. The quantitative estimate of drug-likeness (QED) is 0.682. The van der Waals surface area contributed by atoms with Gasteiger partial charge in [-0.05, 0) is 26.7 Å². The van der Waals surface area contributed by atoms with E-state index in [4.69, 9.17) is 5.11 Å². The van der Waals surface area contributed by atoms with Crippen molar-refractivity contribution in [3.05, 3.63) is 0 Å². The lowest BCUT2D eigenvalue weighted by molar-refractivity contribution is -0.137. The molecule has 0 fully saturated rings. The van der Waals surface area contributed by atoms with Gasteiger partial charge in [-0.2, -0.15) is 0 Å². The molecule has 16 heavy (non-hydrogen) atoms. The van der Waals surface area contributed by atoms with Crippen LogP contribution in [0.5, 0.6) is 0 Å². The molecule has 0 aromatic carbocycles. The van der Waals surface area contributed by atoms with Crippen molar-refractivity contribution < 1.29 is 18.3 Å². The molecule has 0 aliphatic heterocycles. The fourth-order valence-electron chi connectivity index (χ4n) is 1.56. The first-order valence-corrected chi connectivity index (χ1v) is 7.07. The van der Waals surface area contributed by atoms with Crippen molar-refractivity contribution in [3.63, 3.8) is 0 Å². The Morgan fingerprint density at radius 2 is 1.94 bits per heavy atom. The maximum Gasteiger partial charge on any atom is 0.303 e. The summed E-state index contributed by atoms with van der Waals surface area (Å²) in [4.78, 5) is 10.3. The Morgan fingerprint density at radius 1 is 1.38 bits per heavy atom. The first kappa shape index (κ1) is 15.4. The molecule has 0 aliphatic carbocycles. The van der Waals surface area contributed by atoms with Gasteiger partial charge in [-0.15, -0.1) is 0 Å². The predicted molar refractivity (Wildman–Crippen MR) is 62.8 cm³/mol. The van der Waals surface area contributed by atoms with Crippen molar-refractivity contribution in [1.82, 2.24) is 4.72 Å². The lowest BCUT2D eigenvalue weighted by Crippen LogP contribution is -2.44. The van der Waals surface area contributed by atoms with Crippen LogP contribution in [-0.4, -0.2) is 30.8 Å². The minimum atomic E-state index is -3.37. The minimum absolute atomic E-state index is 0.116. The van der Waals surface area contributed by atoms with E-state index in [2.05, 4.69) is 4.72 Å². The highest BCUT2D eigenvalue weighted by Gasteiger charge is 2.23. The van der Waals surface area contributed by atoms with Gasteiger partial charge in [0.05, 0.1) is 5.75 Å². The molecule has 0 heterocycles. The van der Waals surface area contributed by atoms with E-state index in [1.54, 1.807) is 0 Å². The molecular formula is C10H21NO4S. The molecule has 0 bridgehead atoms. The van der Waals surface area contributed by atoms with Gasteiger partial charge in [-0.3, -0.25) is 4.79 Å². The van der Waals surface area contributed by atoms with Crippen LogP contribution in [0.2, 0.25) is 0 Å². The second kappa shape index (κ2) is 6.20. The molecule has 96 valence electrons. The molecule has 0 saturated heterocycles. The van der Waals surface area contributed by atoms with E-state index in [-0.39, 0.29) is 18.6 Å². The highest BCUT2D eigenvalue weighted by molar-refractivity contribution is 7.89. The highest BCUT2D eigenvalue weighted by atomic mass is 32.2. The molecule has 6 heteroatoms. The molecule has 0 spiro atoms. The van der Waals surface area contributed by atoms with E-state index in [1.165, 1.54) is 0 Å². The van der Waals surface area contributed by atoms with Crippen LogP contribution in [0.15, 0.2) is 0 Å². The van der Waals surface area contributed by atoms with Crippen molar-refractivity contribution in [2.45, 2.75) is 52.0 Å². The van der Waals surface area contributed by atoms with Crippen molar-refractivity contribution in [3.8, 4) is 0 Å². The van der Waals surface area contributed by atoms with E-state index in [9.17, 15) is 13.2 Å². The first-order valence-electron chi connectivity index (χ1n) is 5.42. The fraction of sp³-hybridized carbons (Fsp3) is 0.900. The smallest absolute Gasteiger partial charge is 0.303 e. The van der Waals surface area contributed by atoms with Crippen LogP contribution >= 0.6 is 0 Å². The molecule has 0 amide bonds. The summed E-state index contributed by atoms with van der Waals surface area (Å²) >= 11 is 0. The summed E-state index contributed by atoms with van der Waals surface area (Å²) in [6, 6.07) is 0. The van der Waals surface area contributed by atoms with Gasteiger partial charge in [0.25, 0.3) is 0 Å². The lowest BCUT2D eigenvalue weighted by atomic mass is 10.0. The summed E-state index contributed by atoms with van der Waals surface area (Å²) in [5, 5.41) is 8.41. The maximum absolute atomic E-state index is 11.6. The third-order valence-corrected chi connectivity index (χ3v) is 3.80. The Morgan fingerprint density at radius 3 is 2.38 bits per heavy atom. The number of carboxylic acids is 1. The van der Waals surface area contributed by atoms with Gasteiger partial charge in [-0.25, -0.2) is 13.1 Å². The molecule has 0 aromatic rings. The van der Waals surface area contributed by atoms with Gasteiger partial charge in [0.15, 0.2) is 0 Å². The van der Waals surface area contributed by atoms with Crippen molar-refractivity contribution in [1.29, 1.82) is 0 Å². The van der Waals surface area contributed by atoms with Crippen LogP contribution in [0.1, 0.15) is 46.5 Å². The Labute approximate surface area is 97.3 Å². The molecule has 2 N–H and O–H groups in total. The van der Waals surface area contributed by atoms with E-state index in [1.807, 2.05) is 20.8 Å². The van der Waals surface area contributed by atoms with Crippen LogP contribution in [0.25, 0.3) is 0 Å². The molecule has 5 nitrogen and oxygen atoms in total. The Bertz CT molecular complexity index is 322. The minimum Gasteiger partial charge on any atom is -0.481 e. The second-order valence-electron chi connectivity index (χ2n) is 4.55. The third-order valence-electron chi connectivity index (χ3n) is 2.11. The zero-order valence-electron chi connectivity index (χ0n) is 10.1. The van der Waals surface area contributed by atoms with Crippen LogP contribution in [0.4, 0.5) is 0 Å². The Balaban J connectivity index is 4.19. The summed E-state index contributed by atoms with van der Waals surface area (Å²) in [6.45, 7) is 5.64. The van der Waals surface area contributed by atoms with Gasteiger partial charge >= 0.3 is 5.97 Å². The van der Waals surface area contributed by atoms with E-state index in [0.717, 1.165) is 12.8 Å². The number of carboxylic acid groups (broad SMARTS) is 1. The van der Waals surface area contributed by atoms with Crippen LogP contribution in [0, 0.1) is 0 Å². The average molecular weight is 251 g/mol. The third kappa shape index (κ3) is 7.64. The summed E-state index contributed by atoms with van der Waals surface area (Å²) in [6.07, 6.45) is 1.68. The normalized spacial score (nSPS) is 12.7. The van der Waals surface area contributed by atoms with Gasteiger partial charge < -0.3 is 5.11 Å². The molecule has 0 unspecified atom stereocenters. The second-order valence-corrected chi connectivity index (χ2v) is 6.39. The first-order chi connectivity index (χ1) is 7.18. The molecule has 0 aliphatic rings. The van der Waals surface area contributed by atoms with Crippen molar-refractivity contribution in [2.24, 2.45) is 0 Å². The van der Waals surface area contributed by atoms with Gasteiger partial charge in [0.2, 0.25) is 10.0 Å². The monoisotopic (exact) mass is 251 g/mol. The van der Waals surface area contributed by atoms with Gasteiger partial charge in [0.1, 0.15) is 0 Å². The summed E-state index contributed by atoms with van der Waals surface area (Å²) in [5.41, 5.74) is -0.462.